The van der Waals surface area contributed by atoms with Gasteiger partial charge in [-0.25, -0.2) is 0 Å². The molecule has 2 rings (SSSR count). The van der Waals surface area contributed by atoms with Gasteiger partial charge in [0.2, 0.25) is 0 Å². The van der Waals surface area contributed by atoms with Crippen molar-refractivity contribution in [1.82, 2.24) is 0 Å². The van der Waals surface area contributed by atoms with E-state index >= 15 is 0 Å². The SMILES string of the molecule is CNc1cccc(CNc2c(C)c(C)cc(C)c2C)c1. The summed E-state index contributed by atoms with van der Waals surface area (Å²) in [4.78, 5) is 0. The Balaban J connectivity index is 2.22. The molecule has 0 spiro atoms. The number of hydrogen-bond acceptors (Lipinski definition) is 2. The van der Waals surface area contributed by atoms with Gasteiger partial charge in [0.1, 0.15) is 0 Å². The highest BCUT2D eigenvalue weighted by Crippen LogP contribution is 2.27. The van der Waals surface area contributed by atoms with Crippen molar-refractivity contribution < 1.29 is 0 Å². The smallest absolute Gasteiger partial charge is 0.0407 e. The number of anilines is 2. The van der Waals surface area contributed by atoms with E-state index < -0.39 is 0 Å². The molecule has 106 valence electrons. The number of rotatable bonds is 4. The van der Waals surface area contributed by atoms with E-state index in [0.29, 0.717) is 0 Å². The maximum absolute atomic E-state index is 3.60. The van der Waals surface area contributed by atoms with Crippen LogP contribution in [0.2, 0.25) is 0 Å². The molecule has 2 heteroatoms. The molecule has 0 aliphatic carbocycles. The van der Waals surface area contributed by atoms with Crippen LogP contribution in [0, 0.1) is 27.7 Å². The second kappa shape index (κ2) is 6.00. The summed E-state index contributed by atoms with van der Waals surface area (Å²) in [6, 6.07) is 10.8. The molecule has 0 atom stereocenters. The molecule has 0 saturated heterocycles. The quantitative estimate of drug-likeness (QED) is 0.848. The van der Waals surface area contributed by atoms with Crippen molar-refractivity contribution in [3.05, 3.63) is 58.1 Å². The van der Waals surface area contributed by atoms with Crippen molar-refractivity contribution >= 4 is 11.4 Å². The molecule has 0 saturated carbocycles. The van der Waals surface area contributed by atoms with Crippen molar-refractivity contribution in [2.75, 3.05) is 17.7 Å². The van der Waals surface area contributed by atoms with Crippen LogP contribution in [0.25, 0.3) is 0 Å². The average molecular weight is 268 g/mol. The maximum atomic E-state index is 3.60. The Morgan fingerprint density at radius 1 is 0.900 bits per heavy atom. The summed E-state index contributed by atoms with van der Waals surface area (Å²) in [5, 5.41) is 6.78. The van der Waals surface area contributed by atoms with Crippen molar-refractivity contribution in [2.24, 2.45) is 0 Å². The third-order valence-corrected chi connectivity index (χ3v) is 4.05. The lowest BCUT2D eigenvalue weighted by atomic mass is 9.98. The molecule has 0 aromatic heterocycles. The number of benzene rings is 2. The van der Waals surface area contributed by atoms with Gasteiger partial charge in [-0.15, -0.1) is 0 Å². The van der Waals surface area contributed by atoms with Crippen molar-refractivity contribution in [3.8, 4) is 0 Å². The minimum atomic E-state index is 0.847. The fourth-order valence-electron chi connectivity index (χ4n) is 2.51. The summed E-state index contributed by atoms with van der Waals surface area (Å²) < 4.78 is 0. The van der Waals surface area contributed by atoms with Crippen molar-refractivity contribution in [3.63, 3.8) is 0 Å². The molecule has 0 aliphatic rings. The highest BCUT2D eigenvalue weighted by molar-refractivity contribution is 5.62. The summed E-state index contributed by atoms with van der Waals surface area (Å²) >= 11 is 0. The van der Waals surface area contributed by atoms with E-state index in [2.05, 4.69) is 68.7 Å². The second-order valence-electron chi connectivity index (χ2n) is 5.44. The van der Waals surface area contributed by atoms with Gasteiger partial charge in [0, 0.05) is 25.0 Å². The van der Waals surface area contributed by atoms with Crippen LogP contribution in [-0.2, 0) is 6.54 Å². The molecular weight excluding hydrogens is 244 g/mol. The van der Waals surface area contributed by atoms with Gasteiger partial charge >= 0.3 is 0 Å². The first-order valence-corrected chi connectivity index (χ1v) is 7.11. The van der Waals surface area contributed by atoms with Gasteiger partial charge in [-0.1, -0.05) is 18.2 Å². The fraction of sp³-hybridized carbons (Fsp3) is 0.333. The lowest BCUT2D eigenvalue weighted by Gasteiger charge is -2.17. The zero-order valence-corrected chi connectivity index (χ0v) is 13.1. The third kappa shape index (κ3) is 2.96. The highest BCUT2D eigenvalue weighted by Gasteiger charge is 2.08. The van der Waals surface area contributed by atoms with E-state index in [1.807, 2.05) is 7.05 Å². The van der Waals surface area contributed by atoms with Gasteiger partial charge in [-0.2, -0.15) is 0 Å². The molecular formula is C18H24N2. The zero-order valence-electron chi connectivity index (χ0n) is 13.1. The van der Waals surface area contributed by atoms with E-state index in [9.17, 15) is 0 Å². The summed E-state index contributed by atoms with van der Waals surface area (Å²) in [7, 11) is 1.95. The van der Waals surface area contributed by atoms with Crippen molar-refractivity contribution in [2.45, 2.75) is 34.2 Å². The molecule has 0 heterocycles. The van der Waals surface area contributed by atoms with E-state index in [4.69, 9.17) is 0 Å². The summed E-state index contributed by atoms with van der Waals surface area (Å²) in [6.45, 7) is 9.57. The number of nitrogens with one attached hydrogen (secondary N) is 2. The highest BCUT2D eigenvalue weighted by atomic mass is 14.9. The van der Waals surface area contributed by atoms with Crippen LogP contribution in [0.15, 0.2) is 30.3 Å². The molecule has 0 radical (unpaired) electrons. The van der Waals surface area contributed by atoms with E-state index in [1.54, 1.807) is 0 Å². The lowest BCUT2D eigenvalue weighted by Crippen LogP contribution is -2.05. The van der Waals surface area contributed by atoms with Crippen LogP contribution in [0.1, 0.15) is 27.8 Å². The number of hydrogen-bond donors (Lipinski definition) is 2. The van der Waals surface area contributed by atoms with Crippen LogP contribution in [0.4, 0.5) is 11.4 Å². The molecule has 2 aromatic carbocycles. The van der Waals surface area contributed by atoms with Gasteiger partial charge in [0.15, 0.2) is 0 Å². The minimum Gasteiger partial charge on any atom is -0.388 e. The molecule has 2 aromatic rings. The molecule has 0 amide bonds. The van der Waals surface area contributed by atoms with Gasteiger partial charge in [-0.3, -0.25) is 0 Å². The normalized spacial score (nSPS) is 10.4. The molecule has 0 fully saturated rings. The Hall–Kier alpha value is -1.96. The minimum absolute atomic E-state index is 0.847. The van der Waals surface area contributed by atoms with Gasteiger partial charge < -0.3 is 10.6 Å². The van der Waals surface area contributed by atoms with Crippen LogP contribution in [-0.4, -0.2) is 7.05 Å². The predicted molar refractivity (Wildman–Crippen MR) is 88.7 cm³/mol. The first-order valence-electron chi connectivity index (χ1n) is 7.11. The topological polar surface area (TPSA) is 24.1 Å². The Morgan fingerprint density at radius 3 is 2.15 bits per heavy atom. The first kappa shape index (κ1) is 14.4. The first-order chi connectivity index (χ1) is 9.52. The predicted octanol–water partition coefficient (Wildman–Crippen LogP) is 4.57. The largest absolute Gasteiger partial charge is 0.388 e. The van der Waals surface area contributed by atoms with Crippen molar-refractivity contribution in [1.29, 1.82) is 0 Å². The molecule has 0 bridgehead atoms. The lowest BCUT2D eigenvalue weighted by molar-refractivity contribution is 1.11. The van der Waals surface area contributed by atoms with Crippen LogP contribution in [0.3, 0.4) is 0 Å². The van der Waals surface area contributed by atoms with Gasteiger partial charge in [0.25, 0.3) is 0 Å². The Bertz CT molecular complexity index is 589. The zero-order chi connectivity index (χ0) is 14.7. The Kier molecular flexibility index (Phi) is 4.33. The standard InChI is InChI=1S/C18H24N2/c1-12-9-13(2)15(4)18(14(12)3)20-11-16-7-6-8-17(10-16)19-5/h6-10,19-20H,11H2,1-5H3. The molecule has 0 unspecified atom stereocenters. The third-order valence-electron chi connectivity index (χ3n) is 4.05. The van der Waals surface area contributed by atoms with Crippen LogP contribution >= 0.6 is 0 Å². The maximum Gasteiger partial charge on any atom is 0.0407 e. The summed E-state index contributed by atoms with van der Waals surface area (Å²) in [5.41, 5.74) is 9.10. The molecule has 2 nitrogen and oxygen atoms in total. The molecule has 0 aliphatic heterocycles. The van der Waals surface area contributed by atoms with E-state index in [0.717, 1.165) is 12.2 Å². The Morgan fingerprint density at radius 2 is 1.55 bits per heavy atom. The fourth-order valence-corrected chi connectivity index (χ4v) is 2.51. The van der Waals surface area contributed by atoms with Crippen LogP contribution < -0.4 is 10.6 Å². The monoisotopic (exact) mass is 268 g/mol. The van der Waals surface area contributed by atoms with Gasteiger partial charge in [-0.05, 0) is 67.6 Å². The summed E-state index contributed by atoms with van der Waals surface area (Å²) in [6.07, 6.45) is 0. The Labute approximate surface area is 122 Å². The van der Waals surface area contributed by atoms with Gasteiger partial charge in [0.05, 0.1) is 0 Å². The van der Waals surface area contributed by atoms with E-state index in [-0.39, 0.29) is 0 Å². The molecule has 2 N–H and O–H groups in total. The summed E-state index contributed by atoms with van der Waals surface area (Å²) in [5.74, 6) is 0. The number of aryl methyl sites for hydroxylation is 2. The second-order valence-corrected chi connectivity index (χ2v) is 5.44. The van der Waals surface area contributed by atoms with Crippen LogP contribution in [0.5, 0.6) is 0 Å². The average Bonchev–Trinajstić information content (AvgIpc) is 2.45. The molecule has 20 heavy (non-hydrogen) atoms. The van der Waals surface area contributed by atoms with E-state index in [1.165, 1.54) is 33.5 Å².